The van der Waals surface area contributed by atoms with Gasteiger partial charge in [-0.2, -0.15) is 10.5 Å². The first-order valence-corrected chi connectivity index (χ1v) is 10.4. The van der Waals surface area contributed by atoms with E-state index in [1.54, 1.807) is 12.4 Å². The van der Waals surface area contributed by atoms with E-state index in [0.717, 1.165) is 31.6 Å². The van der Waals surface area contributed by atoms with Crippen LogP contribution >= 0.6 is 11.3 Å². The van der Waals surface area contributed by atoms with Gasteiger partial charge in [0.15, 0.2) is 5.13 Å². The summed E-state index contributed by atoms with van der Waals surface area (Å²) < 4.78 is 0. The summed E-state index contributed by atoms with van der Waals surface area (Å²) in [6, 6.07) is 10.1. The van der Waals surface area contributed by atoms with Crippen molar-refractivity contribution in [1.82, 2.24) is 19.8 Å². The first-order valence-electron chi connectivity index (χ1n) is 9.52. The Hall–Kier alpha value is -3.01. The topological polar surface area (TPSA) is 109 Å². The number of nitrogens with zero attached hydrogens (tertiary/aromatic N) is 6. The molecule has 0 aliphatic carbocycles. The van der Waals surface area contributed by atoms with Gasteiger partial charge in [0.05, 0.1) is 25.1 Å². The summed E-state index contributed by atoms with van der Waals surface area (Å²) in [4.78, 5) is 25.1. The lowest BCUT2D eigenvalue weighted by molar-refractivity contribution is 0.0793. The molecule has 1 N–H and O–H groups in total. The van der Waals surface area contributed by atoms with Crippen LogP contribution in [0.5, 0.6) is 0 Å². The minimum atomic E-state index is -0.203. The van der Waals surface area contributed by atoms with Crippen LogP contribution in [-0.2, 0) is 0 Å². The number of hydrogen-bond acceptors (Lipinski definition) is 8. The van der Waals surface area contributed by atoms with Crippen molar-refractivity contribution in [1.29, 1.82) is 10.5 Å². The maximum Gasteiger partial charge on any atom is 0.273 e. The molecule has 1 amide bonds. The van der Waals surface area contributed by atoms with Gasteiger partial charge in [0.2, 0.25) is 0 Å². The molecule has 150 valence electrons. The summed E-state index contributed by atoms with van der Waals surface area (Å²) in [5, 5.41) is 23.1. The Balaban J connectivity index is 1.65. The van der Waals surface area contributed by atoms with Crippen molar-refractivity contribution in [2.24, 2.45) is 0 Å². The van der Waals surface area contributed by atoms with E-state index in [2.05, 4.69) is 21.3 Å². The number of carbonyl (C=O) groups excluding carboxylic acids is 1. The first kappa shape index (κ1) is 20.7. The van der Waals surface area contributed by atoms with E-state index < -0.39 is 0 Å². The van der Waals surface area contributed by atoms with E-state index in [4.69, 9.17) is 15.5 Å². The van der Waals surface area contributed by atoms with Crippen molar-refractivity contribution >= 4 is 28.2 Å². The zero-order valence-corrected chi connectivity index (χ0v) is 17.2. The van der Waals surface area contributed by atoms with Crippen LogP contribution in [0, 0.1) is 22.7 Å². The molecule has 0 aromatic carbocycles. The van der Waals surface area contributed by atoms with Crippen LogP contribution in [-0.4, -0.2) is 58.9 Å². The number of amides is 1. The van der Waals surface area contributed by atoms with Gasteiger partial charge in [-0.3, -0.25) is 9.69 Å². The third-order valence-corrected chi connectivity index (χ3v) is 5.61. The average molecular weight is 410 g/mol. The lowest BCUT2D eigenvalue weighted by atomic mass is 9.94. The maximum atomic E-state index is 12.4. The van der Waals surface area contributed by atoms with Crippen molar-refractivity contribution in [2.45, 2.75) is 25.2 Å². The molecule has 1 aliphatic heterocycles. The standard InChI is InChI=1S/C20H23N7OS/c1-26(10-4-8-21)19(28)17-14-29-20(24-17)25-18-7-2-6-16(23-18)15-5-3-11-27(13-15)12-9-22/h2,6-7,14-15H,3-5,10-13H2,1H3,(H,23,24,25)/t15-/m1/s1. The molecule has 0 unspecified atom stereocenters. The molecule has 2 aromatic rings. The van der Waals surface area contributed by atoms with Gasteiger partial charge < -0.3 is 10.2 Å². The van der Waals surface area contributed by atoms with Crippen LogP contribution in [0.1, 0.15) is 41.4 Å². The second-order valence-corrected chi connectivity index (χ2v) is 7.84. The van der Waals surface area contributed by atoms with Crippen molar-refractivity contribution in [3.05, 3.63) is 35.0 Å². The van der Waals surface area contributed by atoms with Gasteiger partial charge in [0.25, 0.3) is 5.91 Å². The predicted octanol–water partition coefficient (Wildman–Crippen LogP) is 2.97. The summed E-state index contributed by atoms with van der Waals surface area (Å²) in [6.07, 6.45) is 2.41. The van der Waals surface area contributed by atoms with E-state index in [-0.39, 0.29) is 5.91 Å². The van der Waals surface area contributed by atoms with Crippen LogP contribution in [0.25, 0.3) is 0 Å². The Morgan fingerprint density at radius 3 is 3.03 bits per heavy atom. The highest BCUT2D eigenvalue weighted by Crippen LogP contribution is 2.27. The first-order chi connectivity index (χ1) is 14.1. The zero-order valence-electron chi connectivity index (χ0n) is 16.3. The molecule has 3 rings (SSSR count). The SMILES string of the molecule is CN(CCC#N)C(=O)c1csc(Nc2cccc([C@@H]3CCCN(CC#N)C3)n2)n1. The summed E-state index contributed by atoms with van der Waals surface area (Å²) in [5.74, 6) is 0.790. The van der Waals surface area contributed by atoms with Crippen molar-refractivity contribution in [3.63, 3.8) is 0 Å². The predicted molar refractivity (Wildman–Crippen MR) is 111 cm³/mol. The Labute approximate surface area is 174 Å². The van der Waals surface area contributed by atoms with E-state index in [9.17, 15) is 4.79 Å². The molecular weight excluding hydrogens is 386 g/mol. The lowest BCUT2D eigenvalue weighted by Gasteiger charge is -2.30. The van der Waals surface area contributed by atoms with E-state index in [1.807, 2.05) is 24.3 Å². The normalized spacial score (nSPS) is 16.6. The maximum absolute atomic E-state index is 12.4. The third kappa shape index (κ3) is 5.50. The number of carbonyl (C=O) groups is 1. The Kier molecular flexibility index (Phi) is 7.12. The van der Waals surface area contributed by atoms with Crippen molar-refractivity contribution in [2.75, 3.05) is 38.5 Å². The zero-order chi connectivity index (χ0) is 20.6. The van der Waals surface area contributed by atoms with Crippen molar-refractivity contribution in [3.8, 4) is 12.1 Å². The number of anilines is 2. The number of rotatable bonds is 7. The fraction of sp³-hybridized carbons (Fsp3) is 0.450. The summed E-state index contributed by atoms with van der Waals surface area (Å²) in [7, 11) is 1.66. The number of piperidine rings is 1. The highest BCUT2D eigenvalue weighted by Gasteiger charge is 2.22. The van der Waals surface area contributed by atoms with Gasteiger partial charge in [-0.25, -0.2) is 9.97 Å². The molecule has 0 spiro atoms. The summed E-state index contributed by atoms with van der Waals surface area (Å²) >= 11 is 1.34. The molecule has 0 saturated carbocycles. The number of hydrogen-bond donors (Lipinski definition) is 1. The molecule has 8 nitrogen and oxygen atoms in total. The smallest absolute Gasteiger partial charge is 0.273 e. The molecule has 3 heterocycles. The van der Waals surface area contributed by atoms with Gasteiger partial charge in [-0.05, 0) is 31.5 Å². The number of aromatic nitrogens is 2. The van der Waals surface area contributed by atoms with Crippen LogP contribution in [0.3, 0.4) is 0 Å². The molecule has 1 fully saturated rings. The van der Waals surface area contributed by atoms with Gasteiger partial charge in [-0.1, -0.05) is 6.07 Å². The van der Waals surface area contributed by atoms with Crippen LogP contribution in [0.2, 0.25) is 0 Å². The molecule has 29 heavy (non-hydrogen) atoms. The van der Waals surface area contributed by atoms with Crippen LogP contribution in [0.4, 0.5) is 10.9 Å². The second kappa shape index (κ2) is 9.97. The Morgan fingerprint density at radius 1 is 1.38 bits per heavy atom. The van der Waals surface area contributed by atoms with Crippen LogP contribution in [0.15, 0.2) is 23.6 Å². The third-order valence-electron chi connectivity index (χ3n) is 4.85. The Morgan fingerprint density at radius 2 is 2.24 bits per heavy atom. The number of likely N-dealkylation sites (tertiary alicyclic amines) is 1. The average Bonchev–Trinajstić information content (AvgIpc) is 3.20. The van der Waals surface area contributed by atoms with Gasteiger partial charge in [0.1, 0.15) is 11.5 Å². The van der Waals surface area contributed by atoms with Gasteiger partial charge in [0, 0.05) is 37.1 Å². The highest BCUT2D eigenvalue weighted by atomic mass is 32.1. The van der Waals surface area contributed by atoms with Gasteiger partial charge in [-0.15, -0.1) is 11.3 Å². The molecule has 0 bridgehead atoms. The fourth-order valence-corrected chi connectivity index (χ4v) is 4.03. The molecule has 9 heteroatoms. The van der Waals surface area contributed by atoms with E-state index in [0.29, 0.717) is 42.1 Å². The monoisotopic (exact) mass is 409 g/mol. The second-order valence-electron chi connectivity index (χ2n) is 6.98. The fourth-order valence-electron chi connectivity index (χ4n) is 3.34. The Bertz CT molecular complexity index is 929. The number of pyridine rings is 1. The summed E-state index contributed by atoms with van der Waals surface area (Å²) in [5.41, 5.74) is 1.36. The molecule has 2 aromatic heterocycles. The van der Waals surface area contributed by atoms with Crippen molar-refractivity contribution < 1.29 is 4.79 Å². The quantitative estimate of drug-likeness (QED) is 0.700. The number of thiazole rings is 1. The summed E-state index contributed by atoms with van der Waals surface area (Å²) in [6.45, 7) is 2.63. The van der Waals surface area contributed by atoms with E-state index >= 15 is 0 Å². The minimum absolute atomic E-state index is 0.203. The molecule has 1 atom stereocenters. The lowest BCUT2D eigenvalue weighted by Crippen LogP contribution is -2.34. The highest BCUT2D eigenvalue weighted by molar-refractivity contribution is 7.14. The molecule has 1 saturated heterocycles. The molecule has 0 radical (unpaired) electrons. The number of nitrogens with one attached hydrogen (secondary N) is 1. The molecule has 1 aliphatic rings. The number of nitriles is 2. The largest absolute Gasteiger partial charge is 0.339 e. The molecular formula is C20H23N7OS. The van der Waals surface area contributed by atoms with Gasteiger partial charge >= 0.3 is 0 Å². The minimum Gasteiger partial charge on any atom is -0.339 e. The van der Waals surface area contributed by atoms with E-state index in [1.165, 1.54) is 16.2 Å². The van der Waals surface area contributed by atoms with Crippen LogP contribution < -0.4 is 5.32 Å².